The average Bonchev–Trinajstić information content (AvgIpc) is 2.33. The third-order valence-electron chi connectivity index (χ3n) is 2.50. The molecule has 0 fully saturated rings. The van der Waals surface area contributed by atoms with Gasteiger partial charge in [-0.05, 0) is 58.0 Å². The topological polar surface area (TPSA) is 30.5 Å². The van der Waals surface area contributed by atoms with Gasteiger partial charge >= 0.3 is 0 Å². The summed E-state index contributed by atoms with van der Waals surface area (Å²) >= 11 is 0. The third kappa shape index (κ3) is 4.65. The highest BCUT2D eigenvalue weighted by Gasteiger charge is 2.05. The Balaban J connectivity index is 2.70. The maximum absolute atomic E-state index is 5.60. The van der Waals surface area contributed by atoms with Crippen molar-refractivity contribution < 1.29 is 9.47 Å². The third-order valence-corrected chi connectivity index (χ3v) is 2.50. The lowest BCUT2D eigenvalue weighted by Crippen LogP contribution is -2.08. The number of rotatable bonds is 8. The quantitative estimate of drug-likeness (QED) is 0.705. The van der Waals surface area contributed by atoms with Crippen molar-refractivity contribution in [2.75, 3.05) is 26.8 Å². The Morgan fingerprint density at radius 1 is 1.06 bits per heavy atom. The lowest BCUT2D eigenvalue weighted by molar-refractivity contribution is 0.287. The van der Waals surface area contributed by atoms with E-state index >= 15 is 0 Å². The van der Waals surface area contributed by atoms with Gasteiger partial charge in [-0.2, -0.15) is 0 Å². The minimum atomic E-state index is 0.666. The van der Waals surface area contributed by atoms with E-state index in [0.717, 1.165) is 30.9 Å². The molecule has 0 atom stereocenters. The molecule has 17 heavy (non-hydrogen) atoms. The van der Waals surface area contributed by atoms with E-state index in [0.29, 0.717) is 13.2 Å². The van der Waals surface area contributed by atoms with Gasteiger partial charge in [0.25, 0.3) is 0 Å². The molecule has 96 valence electrons. The molecule has 3 nitrogen and oxygen atoms in total. The van der Waals surface area contributed by atoms with Crippen molar-refractivity contribution in [2.45, 2.75) is 26.7 Å². The smallest absolute Gasteiger partial charge is 0.161 e. The molecule has 0 aliphatic carbocycles. The monoisotopic (exact) mass is 237 g/mol. The Bertz CT molecular complexity index is 326. The summed E-state index contributed by atoms with van der Waals surface area (Å²) in [6, 6.07) is 6.20. The van der Waals surface area contributed by atoms with E-state index in [9.17, 15) is 0 Å². The van der Waals surface area contributed by atoms with Gasteiger partial charge in [0.05, 0.1) is 13.2 Å². The van der Waals surface area contributed by atoms with Crippen molar-refractivity contribution in [1.29, 1.82) is 0 Å². The van der Waals surface area contributed by atoms with Crippen LogP contribution in [0.1, 0.15) is 25.8 Å². The predicted molar refractivity (Wildman–Crippen MR) is 71.0 cm³/mol. The summed E-state index contributed by atoms with van der Waals surface area (Å²) < 4.78 is 11.1. The highest BCUT2D eigenvalue weighted by atomic mass is 16.5. The van der Waals surface area contributed by atoms with Gasteiger partial charge in [-0.1, -0.05) is 6.07 Å². The van der Waals surface area contributed by atoms with E-state index in [2.05, 4.69) is 17.4 Å². The molecule has 0 bridgehead atoms. The zero-order valence-electron chi connectivity index (χ0n) is 11.1. The average molecular weight is 237 g/mol. The number of ether oxygens (including phenoxy) is 2. The van der Waals surface area contributed by atoms with Crippen LogP contribution < -0.4 is 14.8 Å². The molecule has 0 saturated heterocycles. The van der Waals surface area contributed by atoms with E-state index in [1.54, 1.807) is 0 Å². The number of hydrogen-bond acceptors (Lipinski definition) is 3. The van der Waals surface area contributed by atoms with Crippen LogP contribution in [0.25, 0.3) is 0 Å². The van der Waals surface area contributed by atoms with E-state index in [-0.39, 0.29) is 0 Å². The second-order valence-corrected chi connectivity index (χ2v) is 3.85. The standard InChI is InChI=1S/C14H23NO2/c1-4-16-13-9-8-12(7-6-10-15-3)11-14(13)17-5-2/h8-9,11,15H,4-7,10H2,1-3H3. The van der Waals surface area contributed by atoms with Crippen LogP contribution in [0.4, 0.5) is 0 Å². The molecule has 1 rings (SSSR count). The first-order chi connectivity index (χ1) is 8.31. The fourth-order valence-electron chi connectivity index (χ4n) is 1.72. The summed E-state index contributed by atoms with van der Waals surface area (Å²) in [6.45, 7) is 6.34. The molecule has 0 radical (unpaired) electrons. The molecule has 0 aromatic heterocycles. The van der Waals surface area contributed by atoms with Gasteiger partial charge in [0.1, 0.15) is 0 Å². The van der Waals surface area contributed by atoms with Crippen molar-refractivity contribution in [3.63, 3.8) is 0 Å². The van der Waals surface area contributed by atoms with Crippen molar-refractivity contribution in [2.24, 2.45) is 0 Å². The van der Waals surface area contributed by atoms with Gasteiger partial charge in [0.15, 0.2) is 11.5 Å². The maximum atomic E-state index is 5.60. The summed E-state index contributed by atoms with van der Waals surface area (Å²) in [6.07, 6.45) is 2.20. The van der Waals surface area contributed by atoms with Crippen molar-refractivity contribution >= 4 is 0 Å². The van der Waals surface area contributed by atoms with E-state index in [1.165, 1.54) is 5.56 Å². The molecule has 0 aliphatic heterocycles. The number of aryl methyl sites for hydroxylation is 1. The summed E-state index contributed by atoms with van der Waals surface area (Å²) in [7, 11) is 1.98. The molecule has 0 spiro atoms. The number of benzene rings is 1. The van der Waals surface area contributed by atoms with Gasteiger partial charge in [-0.15, -0.1) is 0 Å². The molecule has 1 aromatic carbocycles. The number of nitrogens with one attached hydrogen (secondary N) is 1. The van der Waals surface area contributed by atoms with Gasteiger partial charge in [0.2, 0.25) is 0 Å². The highest BCUT2D eigenvalue weighted by Crippen LogP contribution is 2.28. The van der Waals surface area contributed by atoms with Gasteiger partial charge in [-0.3, -0.25) is 0 Å². The first-order valence-electron chi connectivity index (χ1n) is 6.34. The molecule has 3 heteroatoms. The Morgan fingerprint density at radius 3 is 2.41 bits per heavy atom. The van der Waals surface area contributed by atoms with Gasteiger partial charge < -0.3 is 14.8 Å². The summed E-state index contributed by atoms with van der Waals surface area (Å²) in [5, 5.41) is 3.15. The number of hydrogen-bond donors (Lipinski definition) is 1. The minimum Gasteiger partial charge on any atom is -0.490 e. The fourth-order valence-corrected chi connectivity index (χ4v) is 1.72. The Kier molecular flexibility index (Phi) is 6.48. The fraction of sp³-hybridized carbons (Fsp3) is 0.571. The first-order valence-corrected chi connectivity index (χ1v) is 6.34. The zero-order chi connectivity index (χ0) is 12.5. The second kappa shape index (κ2) is 7.96. The SMILES string of the molecule is CCOc1ccc(CCCNC)cc1OCC. The minimum absolute atomic E-state index is 0.666. The summed E-state index contributed by atoms with van der Waals surface area (Å²) in [4.78, 5) is 0. The van der Waals surface area contributed by atoms with Crippen molar-refractivity contribution in [3.8, 4) is 11.5 Å². The summed E-state index contributed by atoms with van der Waals surface area (Å²) in [5.74, 6) is 1.70. The lowest BCUT2D eigenvalue weighted by Gasteiger charge is -2.12. The normalized spacial score (nSPS) is 10.3. The van der Waals surface area contributed by atoms with E-state index in [1.807, 2.05) is 27.0 Å². The lowest BCUT2D eigenvalue weighted by atomic mass is 10.1. The van der Waals surface area contributed by atoms with Crippen molar-refractivity contribution in [1.82, 2.24) is 5.32 Å². The van der Waals surface area contributed by atoms with Crippen LogP contribution in [0.5, 0.6) is 11.5 Å². The van der Waals surface area contributed by atoms with Crippen LogP contribution in [-0.4, -0.2) is 26.8 Å². The van der Waals surface area contributed by atoms with Crippen molar-refractivity contribution in [3.05, 3.63) is 23.8 Å². The Labute approximate surface area is 104 Å². The molecule has 0 aliphatic rings. The molecule has 1 N–H and O–H groups in total. The molecular formula is C14H23NO2. The van der Waals surface area contributed by atoms with Crippen LogP contribution in [0.3, 0.4) is 0 Å². The molecular weight excluding hydrogens is 214 g/mol. The largest absolute Gasteiger partial charge is 0.490 e. The first kappa shape index (κ1) is 13.8. The van der Waals surface area contributed by atoms with Gasteiger partial charge in [-0.25, -0.2) is 0 Å². The van der Waals surface area contributed by atoms with Crippen LogP contribution >= 0.6 is 0 Å². The van der Waals surface area contributed by atoms with Crippen LogP contribution in [0.2, 0.25) is 0 Å². The zero-order valence-corrected chi connectivity index (χ0v) is 11.1. The molecule has 1 aromatic rings. The Hall–Kier alpha value is -1.22. The van der Waals surface area contributed by atoms with E-state index < -0.39 is 0 Å². The molecule has 0 unspecified atom stereocenters. The molecule has 0 amide bonds. The predicted octanol–water partition coefficient (Wildman–Crippen LogP) is 2.64. The van der Waals surface area contributed by atoms with E-state index in [4.69, 9.17) is 9.47 Å². The van der Waals surface area contributed by atoms with Crippen LogP contribution in [-0.2, 0) is 6.42 Å². The van der Waals surface area contributed by atoms with Crippen LogP contribution in [0.15, 0.2) is 18.2 Å². The van der Waals surface area contributed by atoms with Gasteiger partial charge in [0, 0.05) is 0 Å². The highest BCUT2D eigenvalue weighted by molar-refractivity contribution is 5.43. The summed E-state index contributed by atoms with van der Waals surface area (Å²) in [5.41, 5.74) is 1.30. The molecule has 0 heterocycles. The van der Waals surface area contributed by atoms with Crippen LogP contribution in [0, 0.1) is 0 Å². The Morgan fingerprint density at radius 2 is 1.76 bits per heavy atom. The second-order valence-electron chi connectivity index (χ2n) is 3.85. The molecule has 0 saturated carbocycles. The maximum Gasteiger partial charge on any atom is 0.161 e.